The molecule has 0 heterocycles. The average Bonchev–Trinajstić information content (AvgIpc) is 3.49. The summed E-state index contributed by atoms with van der Waals surface area (Å²) in [6.07, 6.45) is 1.72. The van der Waals surface area contributed by atoms with E-state index in [0.717, 1.165) is 24.2 Å². The summed E-state index contributed by atoms with van der Waals surface area (Å²) in [6.45, 7) is 0. The standard InChI is InChI=1S/C21H23NO4/c1-25-18-10-6-5-7-15(18)11-14-19(23)26-20(16-8-3-2-4-9-16)21(24)22-17-12-13-17/h2-10,17,20H,11-14H2,1H3,(H,22,24)/t20-/m1/s1. The van der Waals surface area contributed by atoms with Gasteiger partial charge in [-0.15, -0.1) is 0 Å². The minimum atomic E-state index is -0.915. The van der Waals surface area contributed by atoms with Gasteiger partial charge in [-0.05, 0) is 30.9 Å². The van der Waals surface area contributed by atoms with Gasteiger partial charge in [-0.3, -0.25) is 9.59 Å². The summed E-state index contributed by atoms with van der Waals surface area (Å²) in [5.74, 6) is 0.0754. The van der Waals surface area contributed by atoms with E-state index in [-0.39, 0.29) is 18.4 Å². The number of hydrogen-bond acceptors (Lipinski definition) is 4. The number of rotatable bonds is 8. The highest BCUT2D eigenvalue weighted by atomic mass is 16.5. The van der Waals surface area contributed by atoms with Crippen LogP contribution in [0.4, 0.5) is 0 Å². The van der Waals surface area contributed by atoms with Gasteiger partial charge in [0.05, 0.1) is 7.11 Å². The lowest BCUT2D eigenvalue weighted by molar-refractivity contribution is -0.156. The number of amides is 1. The molecule has 1 amide bonds. The molecule has 2 aromatic rings. The zero-order chi connectivity index (χ0) is 18.4. The summed E-state index contributed by atoms with van der Waals surface area (Å²) in [6, 6.07) is 16.9. The van der Waals surface area contributed by atoms with Gasteiger partial charge in [0.25, 0.3) is 5.91 Å². The smallest absolute Gasteiger partial charge is 0.307 e. The molecule has 1 aliphatic carbocycles. The van der Waals surface area contributed by atoms with Crippen molar-refractivity contribution in [3.8, 4) is 5.75 Å². The highest BCUT2D eigenvalue weighted by Crippen LogP contribution is 2.24. The minimum absolute atomic E-state index is 0.181. The number of para-hydroxylation sites is 1. The molecule has 0 aliphatic heterocycles. The zero-order valence-corrected chi connectivity index (χ0v) is 14.8. The van der Waals surface area contributed by atoms with Crippen LogP contribution in [-0.4, -0.2) is 25.0 Å². The van der Waals surface area contributed by atoms with Crippen LogP contribution in [0.5, 0.6) is 5.75 Å². The lowest BCUT2D eigenvalue weighted by Crippen LogP contribution is -2.33. The summed E-state index contributed by atoms with van der Waals surface area (Å²) < 4.78 is 10.8. The van der Waals surface area contributed by atoms with Crippen LogP contribution in [-0.2, 0) is 20.7 Å². The third-order valence-corrected chi connectivity index (χ3v) is 4.30. The zero-order valence-electron chi connectivity index (χ0n) is 14.8. The van der Waals surface area contributed by atoms with Crippen molar-refractivity contribution in [1.29, 1.82) is 0 Å². The van der Waals surface area contributed by atoms with Crippen molar-refractivity contribution in [2.75, 3.05) is 7.11 Å². The van der Waals surface area contributed by atoms with Crippen LogP contribution in [0.3, 0.4) is 0 Å². The van der Waals surface area contributed by atoms with E-state index in [1.165, 1.54) is 0 Å². The molecule has 0 saturated heterocycles. The van der Waals surface area contributed by atoms with Gasteiger partial charge in [-0.25, -0.2) is 0 Å². The van der Waals surface area contributed by atoms with Crippen LogP contribution in [0, 0.1) is 0 Å². The molecule has 0 bridgehead atoms. The molecule has 0 radical (unpaired) electrons. The number of ether oxygens (including phenoxy) is 2. The Bertz CT molecular complexity index is 756. The van der Waals surface area contributed by atoms with Crippen molar-refractivity contribution in [3.63, 3.8) is 0 Å². The monoisotopic (exact) mass is 353 g/mol. The first kappa shape index (κ1) is 18.0. The van der Waals surface area contributed by atoms with Crippen molar-refractivity contribution in [2.24, 2.45) is 0 Å². The number of hydrogen-bond donors (Lipinski definition) is 1. The maximum absolute atomic E-state index is 12.5. The average molecular weight is 353 g/mol. The van der Waals surface area contributed by atoms with E-state index in [9.17, 15) is 9.59 Å². The quantitative estimate of drug-likeness (QED) is 0.740. The second kappa shape index (κ2) is 8.52. The number of methoxy groups -OCH3 is 1. The van der Waals surface area contributed by atoms with Crippen LogP contribution in [0.25, 0.3) is 0 Å². The van der Waals surface area contributed by atoms with Gasteiger partial charge >= 0.3 is 5.97 Å². The number of aryl methyl sites for hydroxylation is 1. The first-order valence-electron chi connectivity index (χ1n) is 8.84. The molecule has 26 heavy (non-hydrogen) atoms. The van der Waals surface area contributed by atoms with Crippen molar-refractivity contribution in [3.05, 3.63) is 65.7 Å². The maximum Gasteiger partial charge on any atom is 0.307 e. The summed E-state index contributed by atoms with van der Waals surface area (Å²) >= 11 is 0. The molecular weight excluding hydrogens is 330 g/mol. The van der Waals surface area contributed by atoms with E-state index in [0.29, 0.717) is 12.0 Å². The Balaban J connectivity index is 1.64. The second-order valence-electron chi connectivity index (χ2n) is 6.38. The van der Waals surface area contributed by atoms with E-state index in [2.05, 4.69) is 5.32 Å². The minimum Gasteiger partial charge on any atom is -0.496 e. The first-order chi connectivity index (χ1) is 12.7. The highest BCUT2D eigenvalue weighted by molar-refractivity contribution is 5.85. The number of carbonyl (C=O) groups excluding carboxylic acids is 2. The lowest BCUT2D eigenvalue weighted by atomic mass is 10.1. The molecular formula is C21H23NO4. The molecule has 1 fully saturated rings. The Morgan fingerprint density at radius 2 is 1.77 bits per heavy atom. The largest absolute Gasteiger partial charge is 0.496 e. The van der Waals surface area contributed by atoms with Crippen LogP contribution in [0.2, 0.25) is 0 Å². The molecule has 1 N–H and O–H groups in total. The molecule has 1 aliphatic rings. The maximum atomic E-state index is 12.5. The first-order valence-corrected chi connectivity index (χ1v) is 8.84. The predicted molar refractivity (Wildman–Crippen MR) is 97.8 cm³/mol. The van der Waals surface area contributed by atoms with Gasteiger partial charge in [0.2, 0.25) is 6.10 Å². The highest BCUT2D eigenvalue weighted by Gasteiger charge is 2.30. The fraction of sp³-hybridized carbons (Fsp3) is 0.333. The third-order valence-electron chi connectivity index (χ3n) is 4.30. The molecule has 5 nitrogen and oxygen atoms in total. The molecule has 1 saturated carbocycles. The third kappa shape index (κ3) is 4.85. The predicted octanol–water partition coefficient (Wildman–Crippen LogP) is 3.19. The molecule has 1 atom stereocenters. The number of nitrogens with one attached hydrogen (secondary N) is 1. The van der Waals surface area contributed by atoms with Crippen molar-refractivity contribution < 1.29 is 19.1 Å². The van der Waals surface area contributed by atoms with Crippen molar-refractivity contribution in [1.82, 2.24) is 5.32 Å². The second-order valence-corrected chi connectivity index (χ2v) is 6.38. The van der Waals surface area contributed by atoms with Crippen LogP contribution in [0.15, 0.2) is 54.6 Å². The van der Waals surface area contributed by atoms with E-state index in [1.807, 2.05) is 42.5 Å². The molecule has 2 aromatic carbocycles. The fourth-order valence-electron chi connectivity index (χ4n) is 2.74. The van der Waals surface area contributed by atoms with E-state index >= 15 is 0 Å². The molecule has 5 heteroatoms. The Hall–Kier alpha value is -2.82. The van der Waals surface area contributed by atoms with Gasteiger partial charge < -0.3 is 14.8 Å². The molecule has 0 aromatic heterocycles. The summed E-state index contributed by atoms with van der Waals surface area (Å²) in [5.41, 5.74) is 1.61. The normalized spacial score (nSPS) is 14.3. The molecule has 136 valence electrons. The summed E-state index contributed by atoms with van der Waals surface area (Å²) in [5, 5.41) is 2.91. The Morgan fingerprint density at radius 3 is 2.46 bits per heavy atom. The van der Waals surface area contributed by atoms with E-state index in [1.54, 1.807) is 19.2 Å². The van der Waals surface area contributed by atoms with Gasteiger partial charge in [-0.1, -0.05) is 48.5 Å². The Kier molecular flexibility index (Phi) is 5.89. The molecule has 0 spiro atoms. The number of benzene rings is 2. The SMILES string of the molecule is COc1ccccc1CCC(=O)O[C@@H](C(=O)NC1CC1)c1ccccc1. The van der Waals surface area contributed by atoms with E-state index in [4.69, 9.17) is 9.47 Å². The van der Waals surface area contributed by atoms with Gasteiger partial charge in [0, 0.05) is 18.0 Å². The van der Waals surface area contributed by atoms with Crippen LogP contribution < -0.4 is 10.1 Å². The summed E-state index contributed by atoms with van der Waals surface area (Å²) in [7, 11) is 1.60. The van der Waals surface area contributed by atoms with Gasteiger partial charge in [0.15, 0.2) is 0 Å². The molecule has 3 rings (SSSR count). The van der Waals surface area contributed by atoms with Gasteiger partial charge in [-0.2, -0.15) is 0 Å². The lowest BCUT2D eigenvalue weighted by Gasteiger charge is -2.18. The Labute approximate surface area is 153 Å². The Morgan fingerprint density at radius 1 is 1.08 bits per heavy atom. The van der Waals surface area contributed by atoms with Crippen molar-refractivity contribution in [2.45, 2.75) is 37.8 Å². The fourth-order valence-corrected chi connectivity index (χ4v) is 2.74. The topological polar surface area (TPSA) is 64.6 Å². The van der Waals surface area contributed by atoms with Gasteiger partial charge in [0.1, 0.15) is 5.75 Å². The number of carbonyl (C=O) groups is 2. The molecule has 0 unspecified atom stereocenters. The van der Waals surface area contributed by atoms with Crippen LogP contribution >= 0.6 is 0 Å². The summed E-state index contributed by atoms with van der Waals surface area (Å²) in [4.78, 5) is 24.9. The number of esters is 1. The van der Waals surface area contributed by atoms with E-state index < -0.39 is 12.1 Å². The van der Waals surface area contributed by atoms with Crippen molar-refractivity contribution >= 4 is 11.9 Å². The van der Waals surface area contributed by atoms with Crippen LogP contribution in [0.1, 0.15) is 36.5 Å².